The van der Waals surface area contributed by atoms with Crippen molar-refractivity contribution in [1.82, 2.24) is 15.1 Å². The van der Waals surface area contributed by atoms with Crippen LogP contribution in [0.1, 0.15) is 45.5 Å². The van der Waals surface area contributed by atoms with Crippen molar-refractivity contribution in [2.45, 2.75) is 53.5 Å². The number of aromatic nitrogens is 2. The molecule has 104 valence electrons. The molecule has 0 amide bonds. The van der Waals surface area contributed by atoms with E-state index in [-0.39, 0.29) is 0 Å². The molecule has 0 saturated carbocycles. The van der Waals surface area contributed by atoms with Crippen LogP contribution in [0.5, 0.6) is 0 Å². The summed E-state index contributed by atoms with van der Waals surface area (Å²) in [6.45, 7) is 12.2. The van der Waals surface area contributed by atoms with Gasteiger partial charge in [-0.3, -0.25) is 4.68 Å². The van der Waals surface area contributed by atoms with Crippen LogP contribution in [0.4, 0.5) is 0 Å². The van der Waals surface area contributed by atoms with Gasteiger partial charge in [-0.1, -0.05) is 27.7 Å². The molecule has 0 fully saturated rings. The van der Waals surface area contributed by atoms with Crippen LogP contribution in [0, 0.1) is 18.8 Å². The number of hydrogen-bond acceptors (Lipinski definition) is 2. The summed E-state index contributed by atoms with van der Waals surface area (Å²) >= 11 is 0. The Kier molecular flexibility index (Phi) is 5.86. The molecule has 1 N–H and O–H groups in total. The molecule has 3 nitrogen and oxygen atoms in total. The van der Waals surface area contributed by atoms with E-state index in [9.17, 15) is 0 Å². The summed E-state index contributed by atoms with van der Waals surface area (Å²) < 4.78 is 2.03. The first-order chi connectivity index (χ1) is 8.38. The average molecular weight is 251 g/mol. The van der Waals surface area contributed by atoms with Crippen LogP contribution < -0.4 is 5.32 Å². The molecule has 0 aliphatic rings. The first-order valence-electron chi connectivity index (χ1n) is 7.11. The van der Waals surface area contributed by atoms with Gasteiger partial charge in [0, 0.05) is 18.8 Å². The molecule has 1 unspecified atom stereocenters. The highest BCUT2D eigenvalue weighted by Crippen LogP contribution is 2.17. The van der Waals surface area contributed by atoms with Crippen LogP contribution >= 0.6 is 0 Å². The molecule has 0 aliphatic heterocycles. The Balaban J connectivity index is 2.62. The maximum absolute atomic E-state index is 4.43. The maximum Gasteiger partial charge on any atom is 0.0596 e. The van der Waals surface area contributed by atoms with E-state index >= 15 is 0 Å². The minimum atomic E-state index is 0.563. The van der Waals surface area contributed by atoms with Gasteiger partial charge in [0.05, 0.1) is 5.69 Å². The molecular weight excluding hydrogens is 222 g/mol. The predicted molar refractivity (Wildman–Crippen MR) is 77.7 cm³/mol. The van der Waals surface area contributed by atoms with Crippen LogP contribution in [0.2, 0.25) is 0 Å². The Hall–Kier alpha value is -0.830. The second-order valence-corrected chi connectivity index (χ2v) is 6.16. The van der Waals surface area contributed by atoms with Crippen molar-refractivity contribution in [3.8, 4) is 0 Å². The summed E-state index contributed by atoms with van der Waals surface area (Å²) in [4.78, 5) is 0. The molecule has 0 aliphatic carbocycles. The van der Waals surface area contributed by atoms with E-state index in [4.69, 9.17) is 0 Å². The number of nitrogens with one attached hydrogen (secondary N) is 1. The zero-order chi connectivity index (χ0) is 13.7. The molecule has 0 radical (unpaired) electrons. The summed E-state index contributed by atoms with van der Waals surface area (Å²) in [7, 11) is 2.05. The van der Waals surface area contributed by atoms with Crippen LogP contribution in [-0.4, -0.2) is 22.4 Å². The first-order valence-corrected chi connectivity index (χ1v) is 7.11. The molecule has 0 saturated heterocycles. The van der Waals surface area contributed by atoms with Crippen LogP contribution in [0.25, 0.3) is 0 Å². The highest BCUT2D eigenvalue weighted by molar-refractivity contribution is 5.09. The van der Waals surface area contributed by atoms with Crippen molar-refractivity contribution < 1.29 is 0 Å². The average Bonchev–Trinajstić information content (AvgIpc) is 2.53. The monoisotopic (exact) mass is 251 g/mol. The van der Waals surface area contributed by atoms with Gasteiger partial charge in [-0.2, -0.15) is 5.10 Å². The zero-order valence-electron chi connectivity index (χ0n) is 12.8. The highest BCUT2D eigenvalue weighted by Gasteiger charge is 2.14. The standard InChI is InChI=1S/C15H29N3/c1-11(2)7-14(10-16-12(3)4)9-15-8-13(5)17-18(15)6/h8,11-12,14,16H,7,9-10H2,1-6H3. The SMILES string of the molecule is Cc1cc(CC(CNC(C)C)CC(C)C)n(C)n1. The van der Waals surface area contributed by atoms with Crippen molar-refractivity contribution in [3.05, 3.63) is 17.5 Å². The molecule has 0 spiro atoms. The van der Waals surface area contributed by atoms with E-state index in [0.717, 1.165) is 24.6 Å². The molecule has 1 aromatic heterocycles. The van der Waals surface area contributed by atoms with Gasteiger partial charge < -0.3 is 5.32 Å². The number of aryl methyl sites for hydroxylation is 2. The molecule has 1 aromatic rings. The second-order valence-electron chi connectivity index (χ2n) is 6.16. The minimum Gasteiger partial charge on any atom is -0.314 e. The molecule has 1 atom stereocenters. The smallest absolute Gasteiger partial charge is 0.0596 e. The van der Waals surface area contributed by atoms with Crippen molar-refractivity contribution in [2.75, 3.05) is 6.54 Å². The third-order valence-electron chi connectivity index (χ3n) is 3.22. The lowest BCUT2D eigenvalue weighted by Gasteiger charge is -2.21. The van der Waals surface area contributed by atoms with Gasteiger partial charge in [-0.25, -0.2) is 0 Å². The Bertz CT molecular complexity index is 353. The lowest BCUT2D eigenvalue weighted by molar-refractivity contribution is 0.367. The third kappa shape index (κ3) is 5.21. The van der Waals surface area contributed by atoms with Crippen LogP contribution in [0.3, 0.4) is 0 Å². The van der Waals surface area contributed by atoms with Crippen molar-refractivity contribution >= 4 is 0 Å². The normalized spacial score (nSPS) is 13.6. The van der Waals surface area contributed by atoms with E-state index in [0.29, 0.717) is 12.0 Å². The fraction of sp³-hybridized carbons (Fsp3) is 0.800. The first kappa shape index (κ1) is 15.2. The summed E-state index contributed by atoms with van der Waals surface area (Å²) in [6, 6.07) is 2.77. The van der Waals surface area contributed by atoms with Gasteiger partial charge in [0.15, 0.2) is 0 Å². The lowest BCUT2D eigenvalue weighted by atomic mass is 9.92. The highest BCUT2D eigenvalue weighted by atomic mass is 15.3. The fourth-order valence-electron chi connectivity index (χ4n) is 2.46. The van der Waals surface area contributed by atoms with Crippen molar-refractivity contribution in [2.24, 2.45) is 18.9 Å². The molecular formula is C15H29N3. The summed E-state index contributed by atoms with van der Waals surface area (Å²) in [6.07, 6.45) is 2.39. The van der Waals surface area contributed by atoms with Crippen molar-refractivity contribution in [3.63, 3.8) is 0 Å². The Labute approximate surface area is 112 Å². The topological polar surface area (TPSA) is 29.9 Å². The molecule has 3 heteroatoms. The number of rotatable bonds is 7. The van der Waals surface area contributed by atoms with Crippen LogP contribution in [0.15, 0.2) is 6.07 Å². The Morgan fingerprint density at radius 3 is 2.39 bits per heavy atom. The Morgan fingerprint density at radius 1 is 1.28 bits per heavy atom. The van der Waals surface area contributed by atoms with E-state index in [1.807, 2.05) is 11.7 Å². The zero-order valence-corrected chi connectivity index (χ0v) is 12.8. The van der Waals surface area contributed by atoms with Gasteiger partial charge in [0.25, 0.3) is 0 Å². The number of hydrogen-bond donors (Lipinski definition) is 1. The summed E-state index contributed by atoms with van der Waals surface area (Å²) in [5, 5.41) is 8.00. The maximum atomic E-state index is 4.43. The second kappa shape index (κ2) is 6.93. The van der Waals surface area contributed by atoms with Gasteiger partial charge in [-0.05, 0) is 44.2 Å². The predicted octanol–water partition coefficient (Wildman–Crippen LogP) is 2.93. The van der Waals surface area contributed by atoms with E-state index in [2.05, 4.69) is 51.1 Å². The number of nitrogens with zero attached hydrogens (tertiary/aromatic N) is 2. The minimum absolute atomic E-state index is 0.563. The van der Waals surface area contributed by atoms with E-state index in [1.165, 1.54) is 12.1 Å². The third-order valence-corrected chi connectivity index (χ3v) is 3.22. The summed E-state index contributed by atoms with van der Waals surface area (Å²) in [5.74, 6) is 1.44. The van der Waals surface area contributed by atoms with Gasteiger partial charge >= 0.3 is 0 Å². The van der Waals surface area contributed by atoms with Gasteiger partial charge in [-0.15, -0.1) is 0 Å². The quantitative estimate of drug-likeness (QED) is 0.807. The molecule has 18 heavy (non-hydrogen) atoms. The largest absolute Gasteiger partial charge is 0.314 e. The molecule has 0 aromatic carbocycles. The Morgan fingerprint density at radius 2 is 1.94 bits per heavy atom. The fourth-order valence-corrected chi connectivity index (χ4v) is 2.46. The van der Waals surface area contributed by atoms with E-state index < -0.39 is 0 Å². The summed E-state index contributed by atoms with van der Waals surface area (Å²) in [5.41, 5.74) is 2.47. The van der Waals surface area contributed by atoms with E-state index in [1.54, 1.807) is 0 Å². The molecule has 1 rings (SSSR count). The van der Waals surface area contributed by atoms with Gasteiger partial charge in [0.2, 0.25) is 0 Å². The molecule has 0 bridgehead atoms. The molecule has 1 heterocycles. The van der Waals surface area contributed by atoms with Crippen molar-refractivity contribution in [1.29, 1.82) is 0 Å². The lowest BCUT2D eigenvalue weighted by Crippen LogP contribution is -2.31. The van der Waals surface area contributed by atoms with Gasteiger partial charge in [0.1, 0.15) is 0 Å². The van der Waals surface area contributed by atoms with Crippen LogP contribution in [-0.2, 0) is 13.5 Å².